The number of aromatic nitrogens is 1. The molecule has 0 aliphatic carbocycles. The number of nitrogens with zero attached hydrogens (tertiary/aromatic N) is 3. The highest BCUT2D eigenvalue weighted by molar-refractivity contribution is 5.85. The van der Waals surface area contributed by atoms with Gasteiger partial charge in [0.05, 0.1) is 12.1 Å². The second kappa shape index (κ2) is 7.53. The second-order valence-corrected chi connectivity index (χ2v) is 7.27. The van der Waals surface area contributed by atoms with E-state index < -0.39 is 0 Å². The third-order valence-corrected chi connectivity index (χ3v) is 5.51. The minimum Gasteiger partial charge on any atom is -0.361 e. The van der Waals surface area contributed by atoms with Crippen LogP contribution in [0.25, 0.3) is 10.8 Å². The maximum Gasteiger partial charge on any atom is 0.227 e. The maximum absolute atomic E-state index is 12.6. The molecule has 2 aromatic carbocycles. The Morgan fingerprint density at radius 3 is 2.52 bits per heavy atom. The fourth-order valence-electron chi connectivity index (χ4n) is 3.84. The molecular formula is C22H25N3O2. The summed E-state index contributed by atoms with van der Waals surface area (Å²) in [5.41, 5.74) is 3.09. The molecule has 4 rings (SSSR count). The number of aryl methyl sites for hydroxylation is 2. The van der Waals surface area contributed by atoms with Crippen molar-refractivity contribution in [2.75, 3.05) is 26.2 Å². The van der Waals surface area contributed by atoms with Crippen molar-refractivity contribution in [1.82, 2.24) is 15.0 Å². The number of carbonyl (C=O) groups excluding carboxylic acids is 1. The van der Waals surface area contributed by atoms with Crippen molar-refractivity contribution >= 4 is 16.7 Å². The van der Waals surface area contributed by atoms with E-state index in [2.05, 4.69) is 52.5 Å². The summed E-state index contributed by atoms with van der Waals surface area (Å²) < 4.78 is 5.17. The van der Waals surface area contributed by atoms with Gasteiger partial charge in [-0.25, -0.2) is 0 Å². The van der Waals surface area contributed by atoms with Crippen molar-refractivity contribution in [2.24, 2.45) is 0 Å². The van der Waals surface area contributed by atoms with E-state index in [-0.39, 0.29) is 5.91 Å². The predicted molar refractivity (Wildman–Crippen MR) is 105 cm³/mol. The zero-order valence-corrected chi connectivity index (χ0v) is 15.9. The molecule has 1 aromatic heterocycles. The Labute approximate surface area is 159 Å². The van der Waals surface area contributed by atoms with Gasteiger partial charge in [0.2, 0.25) is 5.91 Å². The molecule has 0 spiro atoms. The molecular weight excluding hydrogens is 338 g/mol. The van der Waals surface area contributed by atoms with Crippen molar-refractivity contribution in [3.8, 4) is 0 Å². The predicted octanol–water partition coefficient (Wildman–Crippen LogP) is 3.33. The lowest BCUT2D eigenvalue weighted by molar-refractivity contribution is -0.132. The van der Waals surface area contributed by atoms with Crippen molar-refractivity contribution in [3.05, 3.63) is 65.0 Å². The molecule has 0 atom stereocenters. The SMILES string of the molecule is Cc1noc(C)c1CC(=O)N1CCN(Cc2cccc3ccccc23)CC1. The Morgan fingerprint density at radius 1 is 1.04 bits per heavy atom. The van der Waals surface area contributed by atoms with Crippen LogP contribution in [0.2, 0.25) is 0 Å². The van der Waals surface area contributed by atoms with Crippen LogP contribution < -0.4 is 0 Å². The van der Waals surface area contributed by atoms with E-state index in [4.69, 9.17) is 4.52 Å². The highest BCUT2D eigenvalue weighted by Crippen LogP contribution is 2.21. The van der Waals surface area contributed by atoms with Crippen molar-refractivity contribution < 1.29 is 9.32 Å². The zero-order valence-electron chi connectivity index (χ0n) is 15.9. The Balaban J connectivity index is 1.37. The smallest absolute Gasteiger partial charge is 0.227 e. The van der Waals surface area contributed by atoms with Gasteiger partial charge in [-0.05, 0) is 30.2 Å². The van der Waals surface area contributed by atoms with Gasteiger partial charge in [-0.15, -0.1) is 0 Å². The molecule has 140 valence electrons. The molecule has 1 saturated heterocycles. The number of piperazine rings is 1. The molecule has 0 bridgehead atoms. The van der Waals surface area contributed by atoms with E-state index in [1.165, 1.54) is 16.3 Å². The van der Waals surface area contributed by atoms with Crippen LogP contribution in [0.1, 0.15) is 22.6 Å². The Hall–Kier alpha value is -2.66. The standard InChI is InChI=1S/C22H25N3O2/c1-16-21(17(2)27-23-16)14-22(26)25-12-10-24(11-13-25)15-19-8-5-7-18-6-3-4-9-20(18)19/h3-9H,10-15H2,1-2H3. The van der Waals surface area contributed by atoms with E-state index in [1.807, 2.05) is 18.7 Å². The first-order valence-corrected chi connectivity index (χ1v) is 9.50. The largest absolute Gasteiger partial charge is 0.361 e. The molecule has 1 amide bonds. The van der Waals surface area contributed by atoms with Crippen LogP contribution in [0.15, 0.2) is 47.0 Å². The van der Waals surface area contributed by atoms with Gasteiger partial charge in [-0.3, -0.25) is 9.69 Å². The average Bonchev–Trinajstić information content (AvgIpc) is 3.01. The number of amides is 1. The van der Waals surface area contributed by atoms with E-state index >= 15 is 0 Å². The molecule has 0 saturated carbocycles. The van der Waals surface area contributed by atoms with Gasteiger partial charge in [0.25, 0.3) is 0 Å². The van der Waals surface area contributed by atoms with Crippen LogP contribution in [-0.4, -0.2) is 47.0 Å². The fourth-order valence-corrected chi connectivity index (χ4v) is 3.84. The number of benzene rings is 2. The quantitative estimate of drug-likeness (QED) is 0.713. The van der Waals surface area contributed by atoms with E-state index in [0.717, 1.165) is 49.7 Å². The summed E-state index contributed by atoms with van der Waals surface area (Å²) >= 11 is 0. The van der Waals surface area contributed by atoms with Gasteiger partial charge in [0.1, 0.15) is 5.76 Å². The minimum atomic E-state index is 0.161. The average molecular weight is 363 g/mol. The Morgan fingerprint density at radius 2 is 1.78 bits per heavy atom. The lowest BCUT2D eigenvalue weighted by Crippen LogP contribution is -2.48. The molecule has 1 fully saturated rings. The molecule has 27 heavy (non-hydrogen) atoms. The molecule has 0 radical (unpaired) electrons. The summed E-state index contributed by atoms with van der Waals surface area (Å²) in [6.07, 6.45) is 0.379. The second-order valence-electron chi connectivity index (χ2n) is 7.27. The first-order chi connectivity index (χ1) is 13.1. The molecule has 1 aliphatic heterocycles. The number of carbonyl (C=O) groups is 1. The van der Waals surface area contributed by atoms with Gasteiger partial charge in [-0.2, -0.15) is 0 Å². The minimum absolute atomic E-state index is 0.161. The summed E-state index contributed by atoms with van der Waals surface area (Å²) in [6.45, 7) is 8.02. The summed E-state index contributed by atoms with van der Waals surface area (Å²) in [6, 6.07) is 15.0. The van der Waals surface area contributed by atoms with Gasteiger partial charge in [0, 0.05) is 38.3 Å². The van der Waals surface area contributed by atoms with Gasteiger partial charge in [0.15, 0.2) is 0 Å². The van der Waals surface area contributed by atoms with Crippen molar-refractivity contribution in [3.63, 3.8) is 0 Å². The lowest BCUT2D eigenvalue weighted by Gasteiger charge is -2.35. The van der Waals surface area contributed by atoms with Gasteiger partial charge < -0.3 is 9.42 Å². The summed E-state index contributed by atoms with van der Waals surface area (Å²) in [7, 11) is 0. The number of fused-ring (bicyclic) bond motifs is 1. The van der Waals surface area contributed by atoms with Crippen LogP contribution in [0.4, 0.5) is 0 Å². The van der Waals surface area contributed by atoms with Crippen LogP contribution in [-0.2, 0) is 17.8 Å². The maximum atomic E-state index is 12.6. The highest BCUT2D eigenvalue weighted by atomic mass is 16.5. The monoisotopic (exact) mass is 363 g/mol. The Kier molecular flexibility index (Phi) is 4.94. The van der Waals surface area contributed by atoms with E-state index in [1.54, 1.807) is 0 Å². The van der Waals surface area contributed by atoms with Gasteiger partial charge >= 0.3 is 0 Å². The van der Waals surface area contributed by atoms with Crippen LogP contribution in [0.5, 0.6) is 0 Å². The summed E-state index contributed by atoms with van der Waals surface area (Å²) in [5.74, 6) is 0.907. The zero-order chi connectivity index (χ0) is 18.8. The van der Waals surface area contributed by atoms with E-state index in [0.29, 0.717) is 6.42 Å². The summed E-state index contributed by atoms with van der Waals surface area (Å²) in [4.78, 5) is 17.0. The lowest BCUT2D eigenvalue weighted by atomic mass is 10.0. The molecule has 0 N–H and O–H groups in total. The molecule has 5 heteroatoms. The van der Waals surface area contributed by atoms with Crippen LogP contribution >= 0.6 is 0 Å². The molecule has 3 aromatic rings. The number of rotatable bonds is 4. The molecule has 5 nitrogen and oxygen atoms in total. The highest BCUT2D eigenvalue weighted by Gasteiger charge is 2.23. The third kappa shape index (κ3) is 3.74. The third-order valence-electron chi connectivity index (χ3n) is 5.51. The van der Waals surface area contributed by atoms with Crippen molar-refractivity contribution in [2.45, 2.75) is 26.8 Å². The van der Waals surface area contributed by atoms with Crippen molar-refractivity contribution in [1.29, 1.82) is 0 Å². The molecule has 2 heterocycles. The number of hydrogen-bond donors (Lipinski definition) is 0. The molecule has 1 aliphatic rings. The molecule has 0 unspecified atom stereocenters. The normalized spacial score (nSPS) is 15.4. The van der Waals surface area contributed by atoms with Crippen LogP contribution in [0, 0.1) is 13.8 Å². The summed E-state index contributed by atoms with van der Waals surface area (Å²) in [5, 5.41) is 6.54. The Bertz CT molecular complexity index is 930. The fraction of sp³-hybridized carbons (Fsp3) is 0.364. The van der Waals surface area contributed by atoms with Crippen LogP contribution in [0.3, 0.4) is 0 Å². The number of hydrogen-bond acceptors (Lipinski definition) is 4. The van der Waals surface area contributed by atoms with Gasteiger partial charge in [-0.1, -0.05) is 47.6 Å². The topological polar surface area (TPSA) is 49.6 Å². The first kappa shape index (κ1) is 17.7. The van der Waals surface area contributed by atoms with E-state index in [9.17, 15) is 4.79 Å². The first-order valence-electron chi connectivity index (χ1n) is 9.50.